The predicted molar refractivity (Wildman–Crippen MR) is 67.8 cm³/mol. The molecule has 19 heavy (non-hydrogen) atoms. The van der Waals surface area contributed by atoms with Crippen LogP contribution in [0.4, 0.5) is 6.01 Å². The second-order valence-electron chi connectivity index (χ2n) is 4.05. The van der Waals surface area contributed by atoms with E-state index in [0.717, 1.165) is 5.82 Å². The van der Waals surface area contributed by atoms with E-state index in [2.05, 4.69) is 9.97 Å². The molecule has 2 rings (SSSR count). The Kier molecular flexibility index (Phi) is 3.84. The van der Waals surface area contributed by atoms with Crippen LogP contribution >= 0.6 is 0 Å². The van der Waals surface area contributed by atoms with Gasteiger partial charge in [0.2, 0.25) is 0 Å². The van der Waals surface area contributed by atoms with Crippen LogP contribution in [0.25, 0.3) is 0 Å². The van der Waals surface area contributed by atoms with E-state index in [0.29, 0.717) is 19.2 Å². The Bertz CT molecular complexity index is 561. The van der Waals surface area contributed by atoms with Crippen LogP contribution in [0.3, 0.4) is 0 Å². The summed E-state index contributed by atoms with van der Waals surface area (Å²) in [7, 11) is 3.73. The first-order valence-corrected chi connectivity index (χ1v) is 5.91. The molecule has 0 aliphatic carbocycles. The Morgan fingerprint density at radius 2 is 2.37 bits per heavy atom. The summed E-state index contributed by atoms with van der Waals surface area (Å²) in [6, 6.07) is 0.353. The van der Waals surface area contributed by atoms with Crippen molar-refractivity contribution in [1.29, 1.82) is 0 Å². The van der Waals surface area contributed by atoms with Gasteiger partial charge in [0.15, 0.2) is 5.69 Å². The maximum atomic E-state index is 11.5. The van der Waals surface area contributed by atoms with Gasteiger partial charge < -0.3 is 18.6 Å². The van der Waals surface area contributed by atoms with Gasteiger partial charge in [0.25, 0.3) is 6.01 Å². The smallest absolute Gasteiger partial charge is 0.360 e. The van der Waals surface area contributed by atoms with Gasteiger partial charge in [-0.05, 0) is 6.92 Å². The molecule has 0 atom stereocenters. The number of carbonyl (C=O) groups is 1. The standard InChI is InChI=1S/C12H16N4O3/c1-4-18-11(17)9-8-19-12(14-9)16(3)7-10-13-5-6-15(10)2/h5-6,8H,4,7H2,1-3H3. The first-order chi connectivity index (χ1) is 9.11. The number of aryl methyl sites for hydroxylation is 1. The third-order valence-electron chi connectivity index (χ3n) is 2.60. The molecule has 2 aromatic heterocycles. The number of oxazole rings is 1. The van der Waals surface area contributed by atoms with E-state index in [1.807, 2.05) is 24.9 Å². The molecule has 7 heteroatoms. The third-order valence-corrected chi connectivity index (χ3v) is 2.60. The number of hydrogen-bond donors (Lipinski definition) is 0. The number of rotatable bonds is 5. The van der Waals surface area contributed by atoms with E-state index in [9.17, 15) is 4.79 Å². The van der Waals surface area contributed by atoms with Crippen LogP contribution in [0, 0.1) is 0 Å². The highest BCUT2D eigenvalue weighted by molar-refractivity contribution is 5.87. The summed E-state index contributed by atoms with van der Waals surface area (Å²) in [6.07, 6.45) is 4.88. The van der Waals surface area contributed by atoms with Gasteiger partial charge >= 0.3 is 5.97 Å². The van der Waals surface area contributed by atoms with Crippen molar-refractivity contribution < 1.29 is 13.9 Å². The summed E-state index contributed by atoms with van der Waals surface area (Å²) in [5.41, 5.74) is 0.170. The quantitative estimate of drug-likeness (QED) is 0.756. The van der Waals surface area contributed by atoms with Crippen molar-refractivity contribution in [2.45, 2.75) is 13.5 Å². The average molecular weight is 264 g/mol. The summed E-state index contributed by atoms with van der Waals surface area (Å²) in [6.45, 7) is 2.59. The molecule has 0 N–H and O–H groups in total. The first-order valence-electron chi connectivity index (χ1n) is 5.91. The molecule has 0 aliphatic rings. The van der Waals surface area contributed by atoms with Crippen molar-refractivity contribution in [2.75, 3.05) is 18.6 Å². The van der Waals surface area contributed by atoms with Gasteiger partial charge in [-0.1, -0.05) is 0 Å². The van der Waals surface area contributed by atoms with Crippen LogP contribution in [0.15, 0.2) is 23.1 Å². The van der Waals surface area contributed by atoms with Crippen LogP contribution in [0.5, 0.6) is 0 Å². The SMILES string of the molecule is CCOC(=O)c1coc(N(C)Cc2nccn2C)n1. The minimum Gasteiger partial charge on any atom is -0.461 e. The molecule has 0 fully saturated rings. The molecule has 2 heterocycles. The van der Waals surface area contributed by atoms with Gasteiger partial charge in [0, 0.05) is 26.5 Å². The summed E-state index contributed by atoms with van der Waals surface area (Å²) in [5, 5.41) is 0. The van der Waals surface area contributed by atoms with E-state index in [1.54, 1.807) is 18.0 Å². The molecular weight excluding hydrogens is 248 g/mol. The lowest BCUT2D eigenvalue weighted by Crippen LogP contribution is -2.19. The lowest BCUT2D eigenvalue weighted by molar-refractivity contribution is 0.0519. The predicted octanol–water partition coefficient (Wildman–Crippen LogP) is 1.22. The highest BCUT2D eigenvalue weighted by atomic mass is 16.5. The highest BCUT2D eigenvalue weighted by Gasteiger charge is 2.16. The maximum absolute atomic E-state index is 11.5. The summed E-state index contributed by atoms with van der Waals surface area (Å²) in [5.74, 6) is 0.390. The minimum absolute atomic E-state index is 0.170. The zero-order valence-electron chi connectivity index (χ0n) is 11.2. The lowest BCUT2D eigenvalue weighted by atomic mass is 10.5. The van der Waals surface area contributed by atoms with E-state index in [4.69, 9.17) is 9.15 Å². The van der Waals surface area contributed by atoms with Crippen LogP contribution < -0.4 is 4.90 Å². The van der Waals surface area contributed by atoms with Crippen LogP contribution in [-0.2, 0) is 18.3 Å². The van der Waals surface area contributed by atoms with Crippen molar-refractivity contribution in [1.82, 2.24) is 14.5 Å². The highest BCUT2D eigenvalue weighted by Crippen LogP contribution is 2.14. The van der Waals surface area contributed by atoms with Crippen molar-refractivity contribution in [3.63, 3.8) is 0 Å². The van der Waals surface area contributed by atoms with Crippen LogP contribution in [-0.4, -0.2) is 34.2 Å². The van der Waals surface area contributed by atoms with E-state index >= 15 is 0 Å². The van der Waals surface area contributed by atoms with Gasteiger partial charge in [-0.15, -0.1) is 0 Å². The zero-order valence-corrected chi connectivity index (χ0v) is 11.2. The fourth-order valence-corrected chi connectivity index (χ4v) is 1.57. The summed E-state index contributed by atoms with van der Waals surface area (Å²) < 4.78 is 12.0. The fourth-order valence-electron chi connectivity index (χ4n) is 1.57. The van der Waals surface area contributed by atoms with Gasteiger partial charge in [0.05, 0.1) is 13.2 Å². The topological polar surface area (TPSA) is 73.4 Å². The molecule has 0 spiro atoms. The van der Waals surface area contributed by atoms with E-state index in [1.165, 1.54) is 6.26 Å². The van der Waals surface area contributed by atoms with Crippen LogP contribution in [0.2, 0.25) is 0 Å². The van der Waals surface area contributed by atoms with Gasteiger partial charge in [-0.2, -0.15) is 4.98 Å². The second kappa shape index (κ2) is 5.55. The Hall–Kier alpha value is -2.31. The molecule has 0 saturated carbocycles. The van der Waals surface area contributed by atoms with E-state index < -0.39 is 5.97 Å². The largest absolute Gasteiger partial charge is 0.461 e. The summed E-state index contributed by atoms with van der Waals surface area (Å²) in [4.78, 5) is 21.5. The normalized spacial score (nSPS) is 10.5. The van der Waals surface area contributed by atoms with Gasteiger partial charge in [-0.25, -0.2) is 9.78 Å². The maximum Gasteiger partial charge on any atom is 0.360 e. The van der Waals surface area contributed by atoms with Crippen molar-refractivity contribution in [3.05, 3.63) is 30.2 Å². The number of aromatic nitrogens is 3. The lowest BCUT2D eigenvalue weighted by Gasteiger charge is -2.13. The molecule has 0 aliphatic heterocycles. The molecule has 0 amide bonds. The Labute approximate surface area is 110 Å². The Morgan fingerprint density at radius 3 is 3.00 bits per heavy atom. The third kappa shape index (κ3) is 2.93. The first kappa shape index (κ1) is 13.1. The number of anilines is 1. The van der Waals surface area contributed by atoms with Crippen molar-refractivity contribution in [2.24, 2.45) is 7.05 Å². The number of nitrogens with zero attached hydrogens (tertiary/aromatic N) is 4. The molecule has 7 nitrogen and oxygen atoms in total. The van der Waals surface area contributed by atoms with Gasteiger partial charge in [0.1, 0.15) is 12.1 Å². The second-order valence-corrected chi connectivity index (χ2v) is 4.05. The number of imidazole rings is 1. The number of hydrogen-bond acceptors (Lipinski definition) is 6. The molecule has 0 bridgehead atoms. The monoisotopic (exact) mass is 264 g/mol. The molecular formula is C12H16N4O3. The Balaban J connectivity index is 2.06. The molecule has 0 unspecified atom stereocenters. The molecule has 0 aromatic carbocycles. The minimum atomic E-state index is -0.483. The molecule has 0 radical (unpaired) electrons. The van der Waals surface area contributed by atoms with E-state index in [-0.39, 0.29) is 5.69 Å². The number of ether oxygens (including phenoxy) is 1. The number of esters is 1. The summed E-state index contributed by atoms with van der Waals surface area (Å²) >= 11 is 0. The zero-order chi connectivity index (χ0) is 13.8. The Morgan fingerprint density at radius 1 is 1.58 bits per heavy atom. The fraction of sp³-hybridized carbons (Fsp3) is 0.417. The van der Waals surface area contributed by atoms with Crippen molar-refractivity contribution in [3.8, 4) is 0 Å². The van der Waals surface area contributed by atoms with Crippen molar-refractivity contribution >= 4 is 12.0 Å². The van der Waals surface area contributed by atoms with Gasteiger partial charge in [-0.3, -0.25) is 0 Å². The number of carbonyl (C=O) groups excluding carboxylic acids is 1. The average Bonchev–Trinajstić information content (AvgIpc) is 2.99. The molecule has 2 aromatic rings. The molecule has 0 saturated heterocycles. The van der Waals surface area contributed by atoms with Crippen LogP contribution in [0.1, 0.15) is 23.2 Å². The molecule has 102 valence electrons.